The number of amides is 2. The molecule has 8 heteroatoms. The van der Waals surface area contributed by atoms with Crippen LogP contribution in [0.4, 0.5) is 5.82 Å². The summed E-state index contributed by atoms with van der Waals surface area (Å²) in [6.07, 6.45) is 0.759. The molecule has 0 saturated carbocycles. The van der Waals surface area contributed by atoms with Gasteiger partial charge in [0.15, 0.2) is 0 Å². The third kappa shape index (κ3) is 7.15. The molecule has 0 radical (unpaired) electrons. The van der Waals surface area contributed by atoms with E-state index in [0.717, 1.165) is 23.4 Å². The molecule has 1 heterocycles. The van der Waals surface area contributed by atoms with Crippen molar-refractivity contribution in [1.29, 1.82) is 0 Å². The fourth-order valence-corrected chi connectivity index (χ4v) is 3.96. The van der Waals surface area contributed by atoms with Gasteiger partial charge in [0.1, 0.15) is 23.9 Å². The Morgan fingerprint density at radius 2 is 1.66 bits per heavy atom. The van der Waals surface area contributed by atoms with Gasteiger partial charge in [-0.3, -0.25) is 9.59 Å². The first-order chi connectivity index (χ1) is 17.9. The molecule has 1 N–H and O–H groups in total. The van der Waals surface area contributed by atoms with Gasteiger partial charge in [0, 0.05) is 29.7 Å². The highest BCUT2D eigenvalue weighted by Gasteiger charge is 2.24. The van der Waals surface area contributed by atoms with Crippen molar-refractivity contribution in [1.82, 2.24) is 14.7 Å². The minimum absolute atomic E-state index is 0.102. The number of carbonyl (C=O) groups excluding carboxylic acids is 2. The Balaban J connectivity index is 1.91. The molecule has 0 atom stereocenters. The van der Waals surface area contributed by atoms with Crippen molar-refractivity contribution in [2.24, 2.45) is 5.92 Å². The molecule has 0 spiro atoms. The molecule has 8 nitrogen and oxygen atoms in total. The second-order valence-corrected chi connectivity index (χ2v) is 10.9. The first kappa shape index (κ1) is 28.8. The van der Waals surface area contributed by atoms with E-state index in [9.17, 15) is 9.59 Å². The highest BCUT2D eigenvalue weighted by atomic mass is 16.5. The zero-order chi connectivity index (χ0) is 28.0. The molecule has 204 valence electrons. The lowest BCUT2D eigenvalue weighted by Crippen LogP contribution is -2.39. The lowest BCUT2D eigenvalue weighted by molar-refractivity contribution is -0.117. The molecule has 0 aliphatic rings. The number of aromatic nitrogens is 2. The number of anilines is 1. The molecule has 0 saturated heterocycles. The second kappa shape index (κ2) is 12.2. The van der Waals surface area contributed by atoms with Crippen LogP contribution in [0.25, 0.3) is 5.69 Å². The maximum Gasteiger partial charge on any atom is 0.254 e. The summed E-state index contributed by atoms with van der Waals surface area (Å²) in [5.74, 6) is 1.39. The number of rotatable bonds is 10. The number of aryl methyl sites for hydroxylation is 1. The van der Waals surface area contributed by atoms with E-state index >= 15 is 0 Å². The maximum absolute atomic E-state index is 13.6. The topological polar surface area (TPSA) is 85.7 Å². The van der Waals surface area contributed by atoms with Gasteiger partial charge < -0.3 is 19.7 Å². The van der Waals surface area contributed by atoms with Crippen molar-refractivity contribution in [3.63, 3.8) is 0 Å². The highest BCUT2D eigenvalue weighted by Crippen LogP contribution is 2.28. The largest absolute Gasteiger partial charge is 0.497 e. The predicted octanol–water partition coefficient (Wildman–Crippen LogP) is 5.62. The second-order valence-electron chi connectivity index (χ2n) is 10.9. The number of carbonyl (C=O) groups is 2. The standard InChI is InChI=1S/C30H40N4O4/c1-20(2)13-14-33(29(36)22-15-23(37-7)17-24(16-22)38-8)19-28(35)31-27-18-26(30(4,5)6)32-34(27)25-12-10-9-11-21(25)3/h9-12,15-18,20H,13-14,19H2,1-8H3,(H,31,35). The molecular formula is C30H40N4O4. The van der Waals surface area contributed by atoms with Gasteiger partial charge in [0.2, 0.25) is 5.91 Å². The monoisotopic (exact) mass is 520 g/mol. The van der Waals surface area contributed by atoms with E-state index in [2.05, 4.69) is 39.9 Å². The van der Waals surface area contributed by atoms with Gasteiger partial charge >= 0.3 is 0 Å². The third-order valence-corrected chi connectivity index (χ3v) is 6.29. The number of nitrogens with one attached hydrogen (secondary N) is 1. The van der Waals surface area contributed by atoms with Crippen LogP contribution in [0.1, 0.15) is 62.7 Å². The summed E-state index contributed by atoms with van der Waals surface area (Å²) in [5.41, 5.74) is 2.96. The zero-order valence-corrected chi connectivity index (χ0v) is 23.8. The average Bonchev–Trinajstić information content (AvgIpc) is 3.29. The van der Waals surface area contributed by atoms with Crippen LogP contribution < -0.4 is 14.8 Å². The highest BCUT2D eigenvalue weighted by molar-refractivity contribution is 5.99. The van der Waals surface area contributed by atoms with E-state index in [1.807, 2.05) is 37.3 Å². The molecule has 2 aromatic carbocycles. The van der Waals surface area contributed by atoms with Gasteiger partial charge in [-0.2, -0.15) is 5.10 Å². The molecule has 0 aliphatic carbocycles. The minimum atomic E-state index is -0.299. The molecule has 3 aromatic rings. The van der Waals surface area contributed by atoms with Crippen LogP contribution in [0.2, 0.25) is 0 Å². The number of nitrogens with zero attached hydrogens (tertiary/aromatic N) is 3. The van der Waals surface area contributed by atoms with Crippen LogP contribution in [0, 0.1) is 12.8 Å². The Labute approximate surface area is 225 Å². The van der Waals surface area contributed by atoms with E-state index in [1.54, 1.807) is 27.8 Å². The Hall–Kier alpha value is -3.81. The first-order valence-electron chi connectivity index (χ1n) is 12.9. The van der Waals surface area contributed by atoms with Gasteiger partial charge in [-0.05, 0) is 43.0 Å². The van der Waals surface area contributed by atoms with E-state index in [1.165, 1.54) is 14.2 Å². The van der Waals surface area contributed by atoms with Crippen LogP contribution in [0.3, 0.4) is 0 Å². The Morgan fingerprint density at radius 1 is 1.03 bits per heavy atom. The Bertz CT molecular complexity index is 1250. The van der Waals surface area contributed by atoms with Gasteiger partial charge in [0.05, 0.1) is 25.6 Å². The average molecular weight is 521 g/mol. The van der Waals surface area contributed by atoms with E-state index < -0.39 is 0 Å². The van der Waals surface area contributed by atoms with Crippen molar-refractivity contribution in [2.75, 3.05) is 32.6 Å². The van der Waals surface area contributed by atoms with Crippen molar-refractivity contribution >= 4 is 17.6 Å². The van der Waals surface area contributed by atoms with Crippen molar-refractivity contribution in [2.45, 2.75) is 53.4 Å². The van der Waals surface area contributed by atoms with Gasteiger partial charge in [-0.25, -0.2) is 4.68 Å². The summed E-state index contributed by atoms with van der Waals surface area (Å²) >= 11 is 0. The van der Waals surface area contributed by atoms with Crippen molar-refractivity contribution in [3.8, 4) is 17.2 Å². The van der Waals surface area contributed by atoms with Gasteiger partial charge in [-0.15, -0.1) is 0 Å². The van der Waals surface area contributed by atoms with Crippen LogP contribution in [0.15, 0.2) is 48.5 Å². The molecule has 38 heavy (non-hydrogen) atoms. The summed E-state index contributed by atoms with van der Waals surface area (Å²) < 4.78 is 12.4. The van der Waals surface area contributed by atoms with Crippen molar-refractivity contribution < 1.29 is 19.1 Å². The zero-order valence-electron chi connectivity index (χ0n) is 23.8. The fraction of sp³-hybridized carbons (Fsp3) is 0.433. The molecule has 0 bridgehead atoms. The van der Waals surface area contributed by atoms with E-state index in [4.69, 9.17) is 14.6 Å². The summed E-state index contributed by atoms with van der Waals surface area (Å²) in [6, 6.07) is 14.8. The Kier molecular flexibility index (Phi) is 9.20. The summed E-state index contributed by atoms with van der Waals surface area (Å²) in [6.45, 7) is 12.8. The lowest BCUT2D eigenvalue weighted by atomic mass is 9.92. The Morgan fingerprint density at radius 3 is 2.21 bits per heavy atom. The van der Waals surface area contributed by atoms with Crippen molar-refractivity contribution in [3.05, 3.63) is 65.4 Å². The number of ether oxygens (including phenoxy) is 2. The molecule has 0 unspecified atom stereocenters. The number of methoxy groups -OCH3 is 2. The van der Waals surface area contributed by atoms with Crippen LogP contribution >= 0.6 is 0 Å². The summed E-state index contributed by atoms with van der Waals surface area (Å²) in [5, 5.41) is 7.84. The minimum Gasteiger partial charge on any atom is -0.497 e. The van der Waals surface area contributed by atoms with Gasteiger partial charge in [-0.1, -0.05) is 52.8 Å². The lowest BCUT2D eigenvalue weighted by Gasteiger charge is -2.24. The normalized spacial score (nSPS) is 11.4. The van der Waals surface area contributed by atoms with Crippen LogP contribution in [-0.4, -0.2) is 53.8 Å². The molecule has 0 aliphatic heterocycles. The quantitative estimate of drug-likeness (QED) is 0.375. The maximum atomic E-state index is 13.6. The molecular weight excluding hydrogens is 480 g/mol. The number of hydrogen-bond acceptors (Lipinski definition) is 5. The van der Waals surface area contributed by atoms with E-state index in [0.29, 0.717) is 35.3 Å². The first-order valence-corrected chi connectivity index (χ1v) is 12.9. The van der Waals surface area contributed by atoms with E-state index in [-0.39, 0.29) is 23.8 Å². The molecule has 0 fully saturated rings. The van der Waals surface area contributed by atoms with Gasteiger partial charge in [0.25, 0.3) is 5.91 Å². The molecule has 3 rings (SSSR count). The summed E-state index contributed by atoms with van der Waals surface area (Å²) in [7, 11) is 3.08. The number of benzene rings is 2. The third-order valence-electron chi connectivity index (χ3n) is 6.29. The summed E-state index contributed by atoms with van der Waals surface area (Å²) in [4.78, 5) is 28.5. The smallest absolute Gasteiger partial charge is 0.254 e. The van der Waals surface area contributed by atoms with Crippen LogP contribution in [-0.2, 0) is 10.2 Å². The predicted molar refractivity (Wildman–Crippen MR) is 151 cm³/mol. The number of para-hydroxylation sites is 1. The molecule has 1 aromatic heterocycles. The number of hydrogen-bond donors (Lipinski definition) is 1. The SMILES string of the molecule is COc1cc(OC)cc(C(=O)N(CCC(C)C)CC(=O)Nc2cc(C(C)(C)C)nn2-c2ccccc2C)c1. The molecule has 2 amide bonds. The van der Waals surface area contributed by atoms with Crippen LogP contribution in [0.5, 0.6) is 11.5 Å². The fourth-order valence-electron chi connectivity index (χ4n) is 3.96.